The Bertz CT molecular complexity index is 1370. The molecule has 2 amide bonds. The zero-order valence-electron chi connectivity index (χ0n) is 20.4. The fourth-order valence-corrected chi connectivity index (χ4v) is 5.15. The van der Waals surface area contributed by atoms with E-state index in [1.807, 2.05) is 58.9 Å². The molecule has 1 fully saturated rings. The van der Waals surface area contributed by atoms with Gasteiger partial charge in [-0.15, -0.1) is 0 Å². The number of hydrogen-bond acceptors (Lipinski definition) is 4. The van der Waals surface area contributed by atoms with Crippen molar-refractivity contribution in [3.05, 3.63) is 105 Å². The Morgan fingerprint density at radius 1 is 0.972 bits per heavy atom. The molecule has 36 heavy (non-hydrogen) atoms. The molecular weight excluding hydrogens is 454 g/mol. The number of benzene rings is 2. The third-order valence-electron chi connectivity index (χ3n) is 6.99. The van der Waals surface area contributed by atoms with Gasteiger partial charge in [-0.1, -0.05) is 35.9 Å². The van der Waals surface area contributed by atoms with Crippen LogP contribution in [0.4, 0.5) is 0 Å². The van der Waals surface area contributed by atoms with Crippen LogP contribution >= 0.6 is 0 Å². The van der Waals surface area contributed by atoms with Crippen molar-refractivity contribution >= 4 is 17.9 Å². The maximum absolute atomic E-state index is 13.8. The first-order chi connectivity index (χ1) is 17.4. The maximum atomic E-state index is 13.8. The molecule has 2 unspecified atom stereocenters. The number of likely N-dealkylation sites (tertiary alicyclic amines) is 1. The average Bonchev–Trinajstić information content (AvgIpc) is 2.89. The van der Waals surface area contributed by atoms with Crippen molar-refractivity contribution in [3.8, 4) is 5.75 Å². The van der Waals surface area contributed by atoms with E-state index in [-0.39, 0.29) is 34.9 Å². The molecule has 184 valence electrons. The second-order valence-corrected chi connectivity index (χ2v) is 9.56. The number of piperidine rings is 1. The minimum Gasteiger partial charge on any atom is -0.497 e. The smallest absolute Gasteiger partial charge is 0.270 e. The molecule has 7 nitrogen and oxygen atoms in total. The van der Waals surface area contributed by atoms with E-state index in [2.05, 4.69) is 5.32 Å². The molecule has 5 rings (SSSR count). The zero-order chi connectivity index (χ0) is 25.2. The Hall–Kier alpha value is -4.13. The number of carbonyl (C=O) groups excluding carboxylic acids is 2. The third kappa shape index (κ3) is 4.82. The van der Waals surface area contributed by atoms with E-state index < -0.39 is 0 Å². The number of rotatable bonds is 5. The van der Waals surface area contributed by atoms with Crippen molar-refractivity contribution in [3.63, 3.8) is 0 Å². The van der Waals surface area contributed by atoms with Gasteiger partial charge >= 0.3 is 0 Å². The molecule has 0 aliphatic carbocycles. The minimum atomic E-state index is -0.336. The fraction of sp³-hybridized carbons (Fsp3) is 0.276. The van der Waals surface area contributed by atoms with Gasteiger partial charge < -0.3 is 19.5 Å². The summed E-state index contributed by atoms with van der Waals surface area (Å²) in [6.45, 7) is 3.60. The van der Waals surface area contributed by atoms with Crippen LogP contribution in [0.15, 0.2) is 77.2 Å². The largest absolute Gasteiger partial charge is 0.497 e. The van der Waals surface area contributed by atoms with Gasteiger partial charge in [0, 0.05) is 42.9 Å². The van der Waals surface area contributed by atoms with E-state index in [0.717, 1.165) is 23.2 Å². The molecular formula is C29H29N3O4. The highest BCUT2D eigenvalue weighted by atomic mass is 16.5. The number of fused-ring (bicyclic) bond motifs is 4. The minimum absolute atomic E-state index is 0.00688. The number of nitrogens with zero attached hydrogens (tertiary/aromatic N) is 2. The van der Waals surface area contributed by atoms with E-state index in [9.17, 15) is 14.4 Å². The van der Waals surface area contributed by atoms with Crippen LogP contribution in [-0.2, 0) is 11.3 Å². The number of hydrogen-bond donors (Lipinski definition) is 1. The Morgan fingerprint density at radius 2 is 1.72 bits per heavy atom. The van der Waals surface area contributed by atoms with Crippen LogP contribution in [-0.4, -0.2) is 41.5 Å². The summed E-state index contributed by atoms with van der Waals surface area (Å²) in [5.41, 5.74) is 3.51. The first-order valence-corrected chi connectivity index (χ1v) is 12.1. The predicted octanol–water partition coefficient (Wildman–Crippen LogP) is 3.58. The first-order valence-electron chi connectivity index (χ1n) is 12.1. The van der Waals surface area contributed by atoms with E-state index in [1.54, 1.807) is 37.5 Å². The molecule has 1 saturated heterocycles. The van der Waals surface area contributed by atoms with E-state index >= 15 is 0 Å². The van der Waals surface area contributed by atoms with Crippen molar-refractivity contribution in [2.24, 2.45) is 5.92 Å². The molecule has 2 aliphatic rings. The summed E-state index contributed by atoms with van der Waals surface area (Å²) in [7, 11) is 1.60. The normalized spacial score (nSPS) is 18.8. The molecule has 2 bridgehead atoms. The molecule has 7 heteroatoms. The van der Waals surface area contributed by atoms with Gasteiger partial charge in [-0.2, -0.15) is 0 Å². The Balaban J connectivity index is 1.44. The summed E-state index contributed by atoms with van der Waals surface area (Å²) in [6.07, 6.45) is 2.65. The van der Waals surface area contributed by atoms with Crippen molar-refractivity contribution in [1.82, 2.24) is 14.8 Å². The summed E-state index contributed by atoms with van der Waals surface area (Å²) in [6, 6.07) is 19.9. The van der Waals surface area contributed by atoms with Gasteiger partial charge in [0.05, 0.1) is 7.11 Å². The maximum Gasteiger partial charge on any atom is 0.270 e. The van der Waals surface area contributed by atoms with Crippen molar-refractivity contribution < 1.29 is 14.3 Å². The Morgan fingerprint density at radius 3 is 2.44 bits per heavy atom. The van der Waals surface area contributed by atoms with Crippen LogP contribution in [0.2, 0.25) is 0 Å². The second kappa shape index (κ2) is 9.85. The van der Waals surface area contributed by atoms with Gasteiger partial charge in [-0.3, -0.25) is 14.4 Å². The van der Waals surface area contributed by atoms with Crippen molar-refractivity contribution in [1.29, 1.82) is 0 Å². The lowest BCUT2D eigenvalue weighted by atomic mass is 9.83. The van der Waals surface area contributed by atoms with Gasteiger partial charge in [0.15, 0.2) is 0 Å². The summed E-state index contributed by atoms with van der Waals surface area (Å²) in [5, 5.41) is 2.87. The predicted molar refractivity (Wildman–Crippen MR) is 138 cm³/mol. The molecule has 3 heterocycles. The van der Waals surface area contributed by atoms with Crippen molar-refractivity contribution in [2.75, 3.05) is 20.2 Å². The number of methoxy groups -OCH3 is 1. The SMILES string of the molecule is COc1ccc(/C=C(\NC(=O)c2ccc(C)cc2)C(=O)N2CC3CC(C2)c2cccc(=O)n2C3)cc1. The summed E-state index contributed by atoms with van der Waals surface area (Å²) < 4.78 is 7.08. The van der Waals surface area contributed by atoms with Crippen LogP contribution in [0.1, 0.15) is 39.5 Å². The summed E-state index contributed by atoms with van der Waals surface area (Å²) in [5.74, 6) is 0.423. The third-order valence-corrected chi connectivity index (χ3v) is 6.99. The lowest BCUT2D eigenvalue weighted by Gasteiger charge is -2.43. The lowest BCUT2D eigenvalue weighted by Crippen LogP contribution is -2.50. The fourth-order valence-electron chi connectivity index (χ4n) is 5.15. The van der Waals surface area contributed by atoms with Crippen LogP contribution in [0, 0.1) is 12.8 Å². The average molecular weight is 484 g/mol. The van der Waals surface area contributed by atoms with Crippen LogP contribution in [0.5, 0.6) is 5.75 Å². The van der Waals surface area contributed by atoms with Crippen LogP contribution < -0.4 is 15.6 Å². The Kier molecular flexibility index (Phi) is 6.46. The monoisotopic (exact) mass is 483 g/mol. The van der Waals surface area contributed by atoms with Crippen LogP contribution in [0.3, 0.4) is 0 Å². The Labute approximate surface area is 210 Å². The van der Waals surface area contributed by atoms with E-state index in [1.165, 1.54) is 0 Å². The van der Waals surface area contributed by atoms with Gasteiger partial charge in [0.2, 0.25) is 0 Å². The highest BCUT2D eigenvalue weighted by Crippen LogP contribution is 2.35. The number of ether oxygens (including phenoxy) is 1. The van der Waals surface area contributed by atoms with Crippen molar-refractivity contribution in [2.45, 2.75) is 25.8 Å². The van der Waals surface area contributed by atoms with Gasteiger partial charge in [-0.05, 0) is 61.2 Å². The quantitative estimate of drug-likeness (QED) is 0.563. The number of aryl methyl sites for hydroxylation is 1. The van der Waals surface area contributed by atoms with Gasteiger partial charge in [-0.25, -0.2) is 0 Å². The second-order valence-electron chi connectivity index (χ2n) is 9.56. The molecule has 1 aromatic heterocycles. The molecule has 2 aliphatic heterocycles. The molecule has 0 spiro atoms. The van der Waals surface area contributed by atoms with Crippen LogP contribution in [0.25, 0.3) is 6.08 Å². The molecule has 0 radical (unpaired) electrons. The number of pyridine rings is 1. The highest BCUT2D eigenvalue weighted by Gasteiger charge is 2.37. The molecule has 0 saturated carbocycles. The van der Waals surface area contributed by atoms with Gasteiger partial charge in [0.25, 0.3) is 17.4 Å². The lowest BCUT2D eigenvalue weighted by molar-refractivity contribution is -0.130. The molecule has 2 aromatic carbocycles. The highest BCUT2D eigenvalue weighted by molar-refractivity contribution is 6.05. The standard InChI is InChI=1S/C29H29N3O4/c1-19-6-10-22(11-7-19)28(34)30-25(15-20-8-12-24(36-2)13-9-20)29(35)31-16-21-14-23(18-31)26-4-3-5-27(33)32(26)17-21/h3-13,15,21,23H,14,16-18H2,1-2H3,(H,30,34)/b25-15-. The summed E-state index contributed by atoms with van der Waals surface area (Å²) >= 11 is 0. The number of nitrogens with one attached hydrogen (secondary N) is 1. The topological polar surface area (TPSA) is 80.6 Å². The molecule has 3 aromatic rings. The van der Waals surface area contributed by atoms with E-state index in [4.69, 9.17) is 4.74 Å². The zero-order valence-corrected chi connectivity index (χ0v) is 20.4. The first kappa shape index (κ1) is 23.6. The number of amides is 2. The number of aromatic nitrogens is 1. The molecule has 1 N–H and O–H groups in total. The van der Waals surface area contributed by atoms with E-state index in [0.29, 0.717) is 30.9 Å². The van der Waals surface area contributed by atoms with Gasteiger partial charge in [0.1, 0.15) is 11.4 Å². The summed E-state index contributed by atoms with van der Waals surface area (Å²) in [4.78, 5) is 41.0. The molecule has 2 atom stereocenters. The number of carbonyl (C=O) groups is 2.